The van der Waals surface area contributed by atoms with Gasteiger partial charge in [0, 0.05) is 18.6 Å². The SMILES string of the molecule is CC(C)N(CCO)C(C)C.C[Si](C)(C)O[Si](C)(C)C. The lowest BCUT2D eigenvalue weighted by Gasteiger charge is -2.29. The molecule has 0 fully saturated rings. The largest absolute Gasteiger partial charge is 0.456 e. The van der Waals surface area contributed by atoms with Crippen LogP contribution in [-0.4, -0.2) is 51.9 Å². The van der Waals surface area contributed by atoms with Gasteiger partial charge >= 0.3 is 0 Å². The summed E-state index contributed by atoms with van der Waals surface area (Å²) in [5.74, 6) is 0. The van der Waals surface area contributed by atoms with E-state index in [1.54, 1.807) is 0 Å². The van der Waals surface area contributed by atoms with Gasteiger partial charge in [0.25, 0.3) is 0 Å². The molecule has 19 heavy (non-hydrogen) atoms. The highest BCUT2D eigenvalue weighted by atomic mass is 28.4. The van der Waals surface area contributed by atoms with Crippen molar-refractivity contribution < 1.29 is 9.22 Å². The van der Waals surface area contributed by atoms with E-state index in [0.717, 1.165) is 6.54 Å². The van der Waals surface area contributed by atoms with E-state index >= 15 is 0 Å². The number of aliphatic hydroxyl groups excluding tert-OH is 1. The molecule has 5 heteroatoms. The fourth-order valence-corrected chi connectivity index (χ4v) is 9.50. The van der Waals surface area contributed by atoms with E-state index in [9.17, 15) is 0 Å². The van der Waals surface area contributed by atoms with Crippen molar-refractivity contribution in [1.82, 2.24) is 4.90 Å². The third-order valence-electron chi connectivity index (χ3n) is 2.30. The van der Waals surface area contributed by atoms with Crippen LogP contribution in [0.25, 0.3) is 0 Å². The van der Waals surface area contributed by atoms with E-state index < -0.39 is 16.6 Å². The first kappa shape index (κ1) is 21.6. The molecule has 0 rings (SSSR count). The van der Waals surface area contributed by atoms with E-state index in [-0.39, 0.29) is 6.61 Å². The van der Waals surface area contributed by atoms with E-state index in [4.69, 9.17) is 9.22 Å². The molecule has 0 aromatic rings. The smallest absolute Gasteiger partial charge is 0.170 e. The van der Waals surface area contributed by atoms with Crippen molar-refractivity contribution >= 4 is 16.6 Å². The number of hydrogen-bond acceptors (Lipinski definition) is 3. The summed E-state index contributed by atoms with van der Waals surface area (Å²) >= 11 is 0. The van der Waals surface area contributed by atoms with Crippen LogP contribution in [0.2, 0.25) is 39.3 Å². The highest BCUT2D eigenvalue weighted by molar-refractivity contribution is 6.83. The van der Waals surface area contributed by atoms with Crippen LogP contribution in [0.5, 0.6) is 0 Å². The zero-order valence-corrected chi connectivity index (χ0v) is 16.9. The van der Waals surface area contributed by atoms with Gasteiger partial charge in [0.2, 0.25) is 0 Å². The molecule has 0 bridgehead atoms. The van der Waals surface area contributed by atoms with Crippen LogP contribution < -0.4 is 0 Å². The molecule has 3 nitrogen and oxygen atoms in total. The summed E-state index contributed by atoms with van der Waals surface area (Å²) in [7, 11) is -2.46. The Morgan fingerprint density at radius 1 is 0.842 bits per heavy atom. The van der Waals surface area contributed by atoms with Crippen molar-refractivity contribution in [2.45, 2.75) is 79.1 Å². The molecule has 0 saturated carbocycles. The summed E-state index contributed by atoms with van der Waals surface area (Å²) in [6.07, 6.45) is 0. The van der Waals surface area contributed by atoms with Gasteiger partial charge in [0.1, 0.15) is 0 Å². The molecule has 118 valence electrons. The van der Waals surface area contributed by atoms with E-state index in [1.165, 1.54) is 0 Å². The second kappa shape index (κ2) is 9.29. The minimum atomic E-state index is -1.23. The topological polar surface area (TPSA) is 32.7 Å². The molecule has 0 spiro atoms. The van der Waals surface area contributed by atoms with Crippen LogP contribution in [0.3, 0.4) is 0 Å². The van der Waals surface area contributed by atoms with Crippen molar-refractivity contribution in [1.29, 1.82) is 0 Å². The Hall–Kier alpha value is 0.314. The van der Waals surface area contributed by atoms with Crippen molar-refractivity contribution in [3.8, 4) is 0 Å². The lowest BCUT2D eigenvalue weighted by atomic mass is 10.2. The van der Waals surface area contributed by atoms with Gasteiger partial charge in [0.05, 0.1) is 6.61 Å². The Morgan fingerprint density at radius 2 is 1.16 bits per heavy atom. The second-order valence-electron chi connectivity index (χ2n) is 7.48. The molecule has 0 aliphatic rings. The van der Waals surface area contributed by atoms with Crippen molar-refractivity contribution in [3.05, 3.63) is 0 Å². The van der Waals surface area contributed by atoms with Gasteiger partial charge in [0.15, 0.2) is 16.6 Å². The van der Waals surface area contributed by atoms with Crippen LogP contribution >= 0.6 is 0 Å². The molecule has 0 heterocycles. The standard InChI is InChI=1S/C8H19NO.C6H18OSi2/c1-7(2)9(5-6-10)8(3)4;1-8(2,3)7-9(4,5)6/h7-8,10H,5-6H2,1-4H3;1-6H3. The van der Waals surface area contributed by atoms with Gasteiger partial charge in [-0.1, -0.05) is 0 Å². The Kier molecular flexibility index (Phi) is 10.6. The summed E-state index contributed by atoms with van der Waals surface area (Å²) in [5, 5.41) is 8.69. The van der Waals surface area contributed by atoms with Crippen LogP contribution in [-0.2, 0) is 4.12 Å². The lowest BCUT2D eigenvalue weighted by Crippen LogP contribution is -2.39. The molecule has 0 aliphatic carbocycles. The summed E-state index contributed by atoms with van der Waals surface area (Å²) in [5.41, 5.74) is 0. The van der Waals surface area contributed by atoms with E-state index in [1.807, 2.05) is 0 Å². The van der Waals surface area contributed by atoms with Gasteiger partial charge < -0.3 is 9.22 Å². The van der Waals surface area contributed by atoms with Crippen molar-refractivity contribution in [3.63, 3.8) is 0 Å². The average molecular weight is 308 g/mol. The molecule has 0 unspecified atom stereocenters. The molecule has 0 radical (unpaired) electrons. The quantitative estimate of drug-likeness (QED) is 0.758. The first-order valence-electron chi connectivity index (χ1n) is 7.37. The average Bonchev–Trinajstić information content (AvgIpc) is 2.07. The molecule has 0 amide bonds. The number of hydrogen-bond donors (Lipinski definition) is 1. The molecule has 0 aromatic heterocycles. The molecule has 0 saturated heterocycles. The second-order valence-corrected chi connectivity index (χ2v) is 16.7. The highest BCUT2D eigenvalue weighted by Gasteiger charge is 2.24. The minimum absolute atomic E-state index is 0.260. The molecular weight excluding hydrogens is 270 g/mol. The first-order chi connectivity index (χ1) is 8.30. The van der Waals surface area contributed by atoms with Crippen LogP contribution in [0.15, 0.2) is 0 Å². The Morgan fingerprint density at radius 3 is 1.21 bits per heavy atom. The fourth-order valence-electron chi connectivity index (χ4n) is 2.15. The summed E-state index contributed by atoms with van der Waals surface area (Å²) in [4.78, 5) is 2.26. The minimum Gasteiger partial charge on any atom is -0.456 e. The van der Waals surface area contributed by atoms with Gasteiger partial charge in [-0.25, -0.2) is 0 Å². The maximum Gasteiger partial charge on any atom is 0.170 e. The molecule has 0 atom stereocenters. The third-order valence-corrected chi connectivity index (χ3v) is 7.20. The third kappa shape index (κ3) is 16.3. The Labute approximate surface area is 123 Å². The molecule has 1 N–H and O–H groups in total. The van der Waals surface area contributed by atoms with Crippen molar-refractivity contribution in [2.24, 2.45) is 0 Å². The van der Waals surface area contributed by atoms with E-state index in [2.05, 4.69) is 71.9 Å². The fraction of sp³-hybridized carbons (Fsp3) is 1.00. The Bertz CT molecular complexity index is 200. The predicted octanol–water partition coefficient (Wildman–Crippen LogP) is 3.77. The number of aliphatic hydroxyl groups is 1. The molecular formula is C14H37NO2Si2. The van der Waals surface area contributed by atoms with Crippen LogP contribution in [0.4, 0.5) is 0 Å². The Balaban J connectivity index is 0. The zero-order chi connectivity index (χ0) is 15.9. The molecule has 0 aliphatic heterocycles. The highest BCUT2D eigenvalue weighted by Crippen LogP contribution is 2.12. The maximum absolute atomic E-state index is 8.69. The predicted molar refractivity (Wildman–Crippen MR) is 91.8 cm³/mol. The van der Waals surface area contributed by atoms with Crippen LogP contribution in [0, 0.1) is 0 Å². The summed E-state index contributed by atoms with van der Waals surface area (Å²) in [6, 6.07) is 1.07. The number of rotatable bonds is 6. The number of nitrogens with zero attached hydrogens (tertiary/aromatic N) is 1. The van der Waals surface area contributed by atoms with Gasteiger partial charge in [-0.3, -0.25) is 4.90 Å². The maximum atomic E-state index is 8.69. The van der Waals surface area contributed by atoms with Crippen molar-refractivity contribution in [2.75, 3.05) is 13.2 Å². The first-order valence-corrected chi connectivity index (χ1v) is 14.2. The van der Waals surface area contributed by atoms with Gasteiger partial charge in [-0.05, 0) is 67.0 Å². The van der Waals surface area contributed by atoms with Crippen LogP contribution in [0.1, 0.15) is 27.7 Å². The summed E-state index contributed by atoms with van der Waals surface area (Å²) < 4.78 is 5.90. The molecule has 0 aromatic carbocycles. The zero-order valence-electron chi connectivity index (χ0n) is 14.9. The monoisotopic (exact) mass is 307 g/mol. The van der Waals surface area contributed by atoms with E-state index in [0.29, 0.717) is 12.1 Å². The van der Waals surface area contributed by atoms with Gasteiger partial charge in [-0.15, -0.1) is 0 Å². The normalized spacial score (nSPS) is 12.9. The van der Waals surface area contributed by atoms with Gasteiger partial charge in [-0.2, -0.15) is 0 Å². The lowest BCUT2D eigenvalue weighted by molar-refractivity contribution is 0.134. The summed E-state index contributed by atoms with van der Waals surface area (Å²) in [6.45, 7) is 23.1.